The van der Waals surface area contributed by atoms with Crippen LogP contribution >= 0.6 is 0 Å². The van der Waals surface area contributed by atoms with Crippen molar-refractivity contribution in [3.63, 3.8) is 0 Å². The summed E-state index contributed by atoms with van der Waals surface area (Å²) in [5, 5.41) is 0. The van der Waals surface area contributed by atoms with Gasteiger partial charge in [-0.1, -0.05) is 0 Å². The molecule has 1 N–H and O–H groups in total. The second kappa shape index (κ2) is 6.63. The molecule has 0 saturated carbocycles. The summed E-state index contributed by atoms with van der Waals surface area (Å²) in [5.74, 6) is -0.634. The van der Waals surface area contributed by atoms with Crippen LogP contribution in [0.3, 0.4) is 0 Å². The molecule has 2 aromatic rings. The van der Waals surface area contributed by atoms with Crippen LogP contribution in [0.15, 0.2) is 35.5 Å². The highest BCUT2D eigenvalue weighted by molar-refractivity contribution is 7.89. The van der Waals surface area contributed by atoms with Gasteiger partial charge in [0.25, 0.3) is 0 Å². The van der Waals surface area contributed by atoms with Gasteiger partial charge in [0.15, 0.2) is 0 Å². The van der Waals surface area contributed by atoms with E-state index in [2.05, 4.69) is 9.97 Å². The van der Waals surface area contributed by atoms with E-state index in [4.69, 9.17) is 0 Å². The average molecular weight is 392 g/mol. The van der Waals surface area contributed by atoms with E-state index in [0.29, 0.717) is 24.5 Å². The minimum atomic E-state index is -4.99. The fourth-order valence-electron chi connectivity index (χ4n) is 2.91. The number of sulfonamides is 1. The van der Waals surface area contributed by atoms with Crippen LogP contribution in [0.2, 0.25) is 0 Å². The quantitative estimate of drug-likeness (QED) is 0.814. The number of alkyl halides is 3. The van der Waals surface area contributed by atoms with Gasteiger partial charge in [-0.05, 0) is 25.2 Å². The number of aromatic amines is 1. The first-order chi connectivity index (χ1) is 12.1. The largest absolute Gasteiger partial charge is 0.417 e. The lowest BCUT2D eigenvalue weighted by atomic mass is 10.2. The van der Waals surface area contributed by atoms with Gasteiger partial charge in [-0.2, -0.15) is 17.5 Å². The van der Waals surface area contributed by atoms with Gasteiger partial charge in [0.1, 0.15) is 11.6 Å². The van der Waals surface area contributed by atoms with E-state index >= 15 is 0 Å². The van der Waals surface area contributed by atoms with Crippen LogP contribution < -0.4 is 0 Å². The minimum Gasteiger partial charge on any atom is -0.347 e. The second-order valence-electron chi connectivity index (χ2n) is 5.97. The third-order valence-electron chi connectivity index (χ3n) is 4.31. The summed E-state index contributed by atoms with van der Waals surface area (Å²) in [5.41, 5.74) is -1.51. The number of halogens is 4. The molecule has 0 radical (unpaired) electrons. The van der Waals surface area contributed by atoms with Gasteiger partial charge in [0.2, 0.25) is 10.0 Å². The lowest BCUT2D eigenvalue weighted by molar-refractivity contribution is -0.140. The normalized spacial score (nSPS) is 20.4. The molecule has 1 aliphatic rings. The predicted octanol–water partition coefficient (Wildman–Crippen LogP) is 2.25. The smallest absolute Gasteiger partial charge is 0.347 e. The summed E-state index contributed by atoms with van der Waals surface area (Å²) in [7, 11) is -2.69. The monoisotopic (exact) mass is 392 g/mol. The zero-order valence-electron chi connectivity index (χ0n) is 13.7. The number of rotatable bonds is 3. The van der Waals surface area contributed by atoms with E-state index < -0.39 is 38.5 Å². The number of piperazine rings is 1. The maximum absolute atomic E-state index is 13.3. The molecule has 0 unspecified atom stereocenters. The molecule has 1 aromatic heterocycles. The molecule has 1 aliphatic heterocycles. The Balaban J connectivity index is 1.99. The molecule has 1 atom stereocenters. The van der Waals surface area contributed by atoms with Crippen molar-refractivity contribution >= 4 is 10.0 Å². The maximum Gasteiger partial charge on any atom is 0.417 e. The number of H-pyrrole nitrogens is 1. The van der Waals surface area contributed by atoms with Crippen LogP contribution in [-0.4, -0.2) is 54.3 Å². The molecular formula is C15H16F4N4O2S. The Morgan fingerprint density at radius 2 is 2.00 bits per heavy atom. The molecule has 0 aliphatic carbocycles. The topological polar surface area (TPSA) is 69.3 Å². The van der Waals surface area contributed by atoms with E-state index in [0.717, 1.165) is 4.31 Å². The number of imidazole rings is 1. The summed E-state index contributed by atoms with van der Waals surface area (Å²) >= 11 is 0. The molecule has 0 spiro atoms. The van der Waals surface area contributed by atoms with Gasteiger partial charge in [-0.3, -0.25) is 4.90 Å². The summed E-state index contributed by atoms with van der Waals surface area (Å²) < 4.78 is 79.6. The van der Waals surface area contributed by atoms with Crippen LogP contribution in [0.5, 0.6) is 0 Å². The number of nitrogens with one attached hydrogen (secondary N) is 1. The molecular weight excluding hydrogens is 376 g/mol. The van der Waals surface area contributed by atoms with Crippen molar-refractivity contribution in [1.82, 2.24) is 19.2 Å². The molecule has 26 heavy (non-hydrogen) atoms. The standard InChI is InChI=1S/C15H16F4N4O2S/c1-22-6-7-23(9-12(22)14-20-4-5-21-14)26(24,25)13-3-2-10(16)8-11(13)15(17,18)19/h2-5,8,12H,6-7,9H2,1H3,(H,20,21)/t12-/m1/s1. The average Bonchev–Trinajstić information content (AvgIpc) is 3.08. The van der Waals surface area contributed by atoms with Crippen molar-refractivity contribution in [3.05, 3.63) is 47.8 Å². The van der Waals surface area contributed by atoms with Crippen LogP contribution in [0.4, 0.5) is 17.6 Å². The van der Waals surface area contributed by atoms with Gasteiger partial charge in [-0.25, -0.2) is 17.8 Å². The first kappa shape index (κ1) is 18.8. The first-order valence-corrected chi connectivity index (χ1v) is 9.11. The van der Waals surface area contributed by atoms with Crippen molar-refractivity contribution in [2.75, 3.05) is 26.7 Å². The van der Waals surface area contributed by atoms with E-state index in [1.807, 2.05) is 4.90 Å². The molecule has 3 rings (SSSR count). The van der Waals surface area contributed by atoms with Gasteiger partial charge in [0, 0.05) is 32.0 Å². The Morgan fingerprint density at radius 3 is 2.62 bits per heavy atom. The van der Waals surface area contributed by atoms with E-state index in [-0.39, 0.29) is 19.2 Å². The second-order valence-corrected chi connectivity index (χ2v) is 7.88. The molecule has 2 heterocycles. The lowest BCUT2D eigenvalue weighted by Crippen LogP contribution is -2.49. The first-order valence-electron chi connectivity index (χ1n) is 7.67. The summed E-state index contributed by atoms with van der Waals surface area (Å²) in [4.78, 5) is 7.90. The number of hydrogen-bond donors (Lipinski definition) is 1. The maximum atomic E-state index is 13.3. The predicted molar refractivity (Wildman–Crippen MR) is 84.1 cm³/mol. The third kappa shape index (κ3) is 3.46. The number of hydrogen-bond acceptors (Lipinski definition) is 4. The van der Waals surface area contributed by atoms with E-state index in [1.54, 1.807) is 13.2 Å². The Hall–Kier alpha value is -1.98. The van der Waals surface area contributed by atoms with Crippen molar-refractivity contribution in [3.8, 4) is 0 Å². The van der Waals surface area contributed by atoms with Gasteiger partial charge < -0.3 is 4.98 Å². The van der Waals surface area contributed by atoms with Gasteiger partial charge in [0.05, 0.1) is 16.5 Å². The number of aromatic nitrogens is 2. The Labute approximate surface area is 147 Å². The van der Waals surface area contributed by atoms with Crippen LogP contribution in [-0.2, 0) is 16.2 Å². The SMILES string of the molecule is CN1CCN(S(=O)(=O)c2ccc(F)cc2C(F)(F)F)C[C@@H]1c1ncc[nH]1. The van der Waals surface area contributed by atoms with E-state index in [9.17, 15) is 26.0 Å². The Bertz CT molecular complexity index is 884. The molecule has 11 heteroatoms. The van der Waals surface area contributed by atoms with Gasteiger partial charge >= 0.3 is 6.18 Å². The molecule has 1 aromatic carbocycles. The highest BCUT2D eigenvalue weighted by Gasteiger charge is 2.41. The highest BCUT2D eigenvalue weighted by Crippen LogP contribution is 2.36. The zero-order chi connectivity index (χ0) is 19.1. The third-order valence-corrected chi connectivity index (χ3v) is 6.23. The van der Waals surface area contributed by atoms with Crippen molar-refractivity contribution in [2.24, 2.45) is 0 Å². The van der Waals surface area contributed by atoms with Gasteiger partial charge in [-0.15, -0.1) is 0 Å². The number of likely N-dealkylation sites (N-methyl/N-ethyl adjacent to an activating group) is 1. The molecule has 0 amide bonds. The van der Waals surface area contributed by atoms with Crippen molar-refractivity contribution < 1.29 is 26.0 Å². The van der Waals surface area contributed by atoms with Crippen LogP contribution in [0, 0.1) is 5.82 Å². The molecule has 1 saturated heterocycles. The number of benzene rings is 1. The van der Waals surface area contributed by atoms with Crippen molar-refractivity contribution in [1.29, 1.82) is 0 Å². The van der Waals surface area contributed by atoms with Crippen LogP contribution in [0.25, 0.3) is 0 Å². The molecule has 6 nitrogen and oxygen atoms in total. The molecule has 0 bridgehead atoms. The Morgan fingerprint density at radius 1 is 1.27 bits per heavy atom. The fourth-order valence-corrected chi connectivity index (χ4v) is 4.54. The minimum absolute atomic E-state index is 0.0186. The fraction of sp³-hybridized carbons (Fsp3) is 0.400. The van der Waals surface area contributed by atoms with Crippen molar-refractivity contribution in [2.45, 2.75) is 17.1 Å². The highest BCUT2D eigenvalue weighted by atomic mass is 32.2. The zero-order valence-corrected chi connectivity index (χ0v) is 14.5. The summed E-state index contributed by atoms with van der Waals surface area (Å²) in [6.45, 7) is 0.263. The van der Waals surface area contributed by atoms with E-state index in [1.165, 1.54) is 6.20 Å². The van der Waals surface area contributed by atoms with Crippen LogP contribution in [0.1, 0.15) is 17.4 Å². The number of nitrogens with zero attached hydrogens (tertiary/aromatic N) is 3. The summed E-state index contributed by atoms with van der Waals surface area (Å²) in [6, 6.07) is 1.14. The Kier molecular flexibility index (Phi) is 4.80. The molecule has 1 fully saturated rings. The lowest BCUT2D eigenvalue weighted by Gasteiger charge is -2.37. The summed E-state index contributed by atoms with van der Waals surface area (Å²) in [6.07, 6.45) is -1.89. The molecule has 142 valence electrons.